The number of ketones is 1. The first-order valence-electron chi connectivity index (χ1n) is 7.77. The Bertz CT molecular complexity index is 1000. The molecule has 0 aliphatic carbocycles. The van der Waals surface area contributed by atoms with Crippen molar-refractivity contribution in [2.75, 3.05) is 0 Å². The Kier molecular flexibility index (Phi) is 4.75. The highest BCUT2D eigenvalue weighted by Crippen LogP contribution is 2.32. The van der Waals surface area contributed by atoms with Crippen LogP contribution in [0.4, 0.5) is 10.1 Å². The van der Waals surface area contributed by atoms with Crippen molar-refractivity contribution < 1.29 is 18.5 Å². The molecule has 5 nitrogen and oxygen atoms in total. The number of nitrogens with zero attached hydrogens (tertiary/aromatic N) is 1. The number of nitro benzene ring substituents is 1. The van der Waals surface area contributed by atoms with Crippen LogP contribution in [0.5, 0.6) is 0 Å². The molecule has 1 aromatic heterocycles. The van der Waals surface area contributed by atoms with Crippen LogP contribution in [0, 0.1) is 22.9 Å². The quantitative estimate of drug-likeness (QED) is 0.274. The Hall–Kier alpha value is -3.54. The van der Waals surface area contributed by atoms with E-state index in [9.17, 15) is 19.3 Å². The largest absolute Gasteiger partial charge is 0.456 e. The molecule has 0 radical (unpaired) electrons. The van der Waals surface area contributed by atoms with E-state index >= 15 is 0 Å². The number of nitro groups is 1. The highest BCUT2D eigenvalue weighted by Gasteiger charge is 2.18. The first kappa shape index (κ1) is 17.3. The van der Waals surface area contributed by atoms with Crippen LogP contribution in [0.25, 0.3) is 17.4 Å². The number of carbonyl (C=O) groups is 1. The number of hydrogen-bond acceptors (Lipinski definition) is 4. The minimum Gasteiger partial charge on any atom is -0.456 e. The van der Waals surface area contributed by atoms with Crippen LogP contribution < -0.4 is 0 Å². The summed E-state index contributed by atoms with van der Waals surface area (Å²) < 4.78 is 18.8. The van der Waals surface area contributed by atoms with Gasteiger partial charge in [-0.15, -0.1) is 0 Å². The zero-order valence-electron chi connectivity index (χ0n) is 13.8. The third kappa shape index (κ3) is 3.75. The molecule has 26 heavy (non-hydrogen) atoms. The van der Waals surface area contributed by atoms with Gasteiger partial charge in [0.25, 0.3) is 5.69 Å². The molecule has 2 aromatic carbocycles. The molecule has 0 unspecified atom stereocenters. The maximum absolute atomic E-state index is 13.2. The third-order valence-electron chi connectivity index (χ3n) is 3.78. The predicted molar refractivity (Wildman–Crippen MR) is 95.3 cm³/mol. The molecule has 0 aliphatic rings. The highest BCUT2D eigenvalue weighted by molar-refractivity contribution is 6.06. The first-order valence-corrected chi connectivity index (χ1v) is 7.77. The van der Waals surface area contributed by atoms with Crippen LogP contribution in [0.2, 0.25) is 0 Å². The zero-order chi connectivity index (χ0) is 18.7. The summed E-state index contributed by atoms with van der Waals surface area (Å²) in [5, 5.41) is 11.1. The van der Waals surface area contributed by atoms with Gasteiger partial charge in [0.1, 0.15) is 17.3 Å². The molecular weight excluding hydrogens is 337 g/mol. The van der Waals surface area contributed by atoms with E-state index < -0.39 is 10.7 Å². The molecule has 130 valence electrons. The lowest BCUT2D eigenvalue weighted by Gasteiger charge is -1.99. The minimum atomic E-state index is -0.698. The molecule has 0 bridgehead atoms. The van der Waals surface area contributed by atoms with E-state index in [1.165, 1.54) is 24.3 Å². The second-order valence-electron chi connectivity index (χ2n) is 5.68. The Balaban J connectivity index is 1.83. The summed E-state index contributed by atoms with van der Waals surface area (Å²) >= 11 is 0. The van der Waals surface area contributed by atoms with E-state index in [-0.39, 0.29) is 22.8 Å². The molecule has 0 spiro atoms. The van der Waals surface area contributed by atoms with Crippen molar-refractivity contribution in [3.63, 3.8) is 0 Å². The van der Waals surface area contributed by atoms with E-state index in [1.54, 1.807) is 18.2 Å². The normalized spacial score (nSPS) is 11.0. The van der Waals surface area contributed by atoms with Gasteiger partial charge in [0, 0.05) is 5.56 Å². The van der Waals surface area contributed by atoms with Gasteiger partial charge in [-0.1, -0.05) is 29.8 Å². The maximum Gasteiger partial charge on any atom is 0.283 e. The molecule has 1 heterocycles. The highest BCUT2D eigenvalue weighted by atomic mass is 19.1. The second-order valence-corrected chi connectivity index (χ2v) is 5.68. The molecule has 0 atom stereocenters. The number of carbonyl (C=O) groups excluding carboxylic acids is 1. The predicted octanol–water partition coefficient (Wildman–Crippen LogP) is 5.20. The second kappa shape index (κ2) is 7.14. The van der Waals surface area contributed by atoms with Gasteiger partial charge in [0.05, 0.1) is 16.6 Å². The minimum absolute atomic E-state index is 0.168. The molecule has 3 rings (SSSR count). The van der Waals surface area contributed by atoms with Gasteiger partial charge in [-0.2, -0.15) is 0 Å². The molecule has 0 fully saturated rings. The SMILES string of the molecule is Cc1ccc(C(=O)/C=C/c2ccc(-c3ccc(F)cc3[N+](=O)[O-])o2)cc1. The topological polar surface area (TPSA) is 73.3 Å². The summed E-state index contributed by atoms with van der Waals surface area (Å²) in [6.45, 7) is 1.93. The molecule has 6 heteroatoms. The molecule has 0 aliphatic heterocycles. The fourth-order valence-corrected chi connectivity index (χ4v) is 2.42. The van der Waals surface area contributed by atoms with Crippen molar-refractivity contribution in [2.24, 2.45) is 0 Å². The first-order chi connectivity index (χ1) is 12.4. The fourth-order valence-electron chi connectivity index (χ4n) is 2.42. The Morgan fingerprint density at radius 2 is 1.85 bits per heavy atom. The Morgan fingerprint density at radius 1 is 1.12 bits per heavy atom. The number of furan rings is 1. The van der Waals surface area contributed by atoms with Gasteiger partial charge < -0.3 is 4.42 Å². The van der Waals surface area contributed by atoms with Crippen LogP contribution in [-0.2, 0) is 0 Å². The molecule has 0 amide bonds. The lowest BCUT2D eigenvalue weighted by molar-refractivity contribution is -0.384. The Labute approximate surface area is 148 Å². The van der Waals surface area contributed by atoms with Crippen LogP contribution in [0.15, 0.2) is 65.1 Å². The monoisotopic (exact) mass is 351 g/mol. The van der Waals surface area contributed by atoms with Crippen LogP contribution >= 0.6 is 0 Å². The van der Waals surface area contributed by atoms with Gasteiger partial charge in [-0.3, -0.25) is 14.9 Å². The van der Waals surface area contributed by atoms with E-state index in [0.717, 1.165) is 17.7 Å². The van der Waals surface area contributed by atoms with Crippen molar-refractivity contribution in [2.45, 2.75) is 6.92 Å². The van der Waals surface area contributed by atoms with E-state index in [1.807, 2.05) is 19.1 Å². The standard InChI is InChI=1S/C20H14FNO4/c1-13-2-4-14(5-3-13)19(23)10-7-16-8-11-20(26-16)17-9-6-15(21)12-18(17)22(24)25/h2-12H,1H3/b10-7+. The number of benzene rings is 2. The summed E-state index contributed by atoms with van der Waals surface area (Å²) in [6, 6.07) is 13.5. The summed E-state index contributed by atoms with van der Waals surface area (Å²) in [5.41, 5.74) is 1.39. The lowest BCUT2D eigenvalue weighted by atomic mass is 10.1. The van der Waals surface area contributed by atoms with Crippen molar-refractivity contribution in [3.05, 3.63) is 93.5 Å². The van der Waals surface area contributed by atoms with Crippen LogP contribution in [0.3, 0.4) is 0 Å². The molecule has 3 aromatic rings. The van der Waals surface area contributed by atoms with Gasteiger partial charge in [-0.25, -0.2) is 4.39 Å². The van der Waals surface area contributed by atoms with Crippen LogP contribution in [-0.4, -0.2) is 10.7 Å². The third-order valence-corrected chi connectivity index (χ3v) is 3.78. The van der Waals surface area contributed by atoms with E-state index in [0.29, 0.717) is 11.3 Å². The van der Waals surface area contributed by atoms with Crippen molar-refractivity contribution in [3.8, 4) is 11.3 Å². The van der Waals surface area contributed by atoms with Crippen LogP contribution in [0.1, 0.15) is 21.7 Å². The molecule has 0 N–H and O–H groups in total. The summed E-state index contributed by atoms with van der Waals surface area (Å²) in [7, 11) is 0. The van der Waals surface area contributed by atoms with E-state index in [4.69, 9.17) is 4.42 Å². The summed E-state index contributed by atoms with van der Waals surface area (Å²) in [5.74, 6) is -0.301. The number of rotatable bonds is 5. The van der Waals surface area contributed by atoms with Crippen molar-refractivity contribution in [1.29, 1.82) is 0 Å². The van der Waals surface area contributed by atoms with Gasteiger partial charge in [-0.05, 0) is 43.3 Å². The van der Waals surface area contributed by atoms with Gasteiger partial charge in [0.15, 0.2) is 5.78 Å². The summed E-state index contributed by atoms with van der Waals surface area (Å²) in [6.07, 6.45) is 2.85. The number of hydrogen-bond donors (Lipinski definition) is 0. The summed E-state index contributed by atoms with van der Waals surface area (Å²) in [4.78, 5) is 22.5. The lowest BCUT2D eigenvalue weighted by Crippen LogP contribution is -1.93. The van der Waals surface area contributed by atoms with Gasteiger partial charge in [0.2, 0.25) is 0 Å². The molecule has 0 saturated carbocycles. The number of allylic oxidation sites excluding steroid dienone is 1. The maximum atomic E-state index is 13.2. The fraction of sp³-hybridized carbons (Fsp3) is 0.0500. The average molecular weight is 351 g/mol. The van der Waals surface area contributed by atoms with Crippen molar-refractivity contribution in [1.82, 2.24) is 0 Å². The Morgan fingerprint density at radius 3 is 2.54 bits per heavy atom. The number of aryl methyl sites for hydroxylation is 1. The molecular formula is C20H14FNO4. The number of halogens is 1. The van der Waals surface area contributed by atoms with Crippen molar-refractivity contribution >= 4 is 17.5 Å². The smallest absolute Gasteiger partial charge is 0.283 e. The molecule has 0 saturated heterocycles. The average Bonchev–Trinajstić information content (AvgIpc) is 3.09. The van der Waals surface area contributed by atoms with E-state index in [2.05, 4.69) is 0 Å². The van der Waals surface area contributed by atoms with Gasteiger partial charge >= 0.3 is 0 Å². The zero-order valence-corrected chi connectivity index (χ0v) is 13.8.